The average Bonchev–Trinajstić information content (AvgIpc) is 2.47. The normalized spacial score (nSPS) is 28.6. The second-order valence-corrected chi connectivity index (χ2v) is 6.42. The van der Waals surface area contributed by atoms with Crippen molar-refractivity contribution in [3.8, 4) is 0 Å². The Morgan fingerprint density at radius 2 is 1.68 bits per heavy atom. The van der Waals surface area contributed by atoms with Gasteiger partial charge in [0.2, 0.25) is 0 Å². The van der Waals surface area contributed by atoms with Gasteiger partial charge in [0.15, 0.2) is 0 Å². The van der Waals surface area contributed by atoms with E-state index < -0.39 is 0 Å². The SMILES string of the molecule is C=C=C(CC=C)CCC1C(C)CCCCCCC1C. The molecule has 1 aliphatic carbocycles. The van der Waals surface area contributed by atoms with Gasteiger partial charge in [0.1, 0.15) is 0 Å². The van der Waals surface area contributed by atoms with Crippen LogP contribution in [0.15, 0.2) is 30.5 Å². The van der Waals surface area contributed by atoms with Crippen LogP contribution in [0.25, 0.3) is 0 Å². The van der Waals surface area contributed by atoms with Crippen molar-refractivity contribution in [3.63, 3.8) is 0 Å². The van der Waals surface area contributed by atoms with E-state index in [1.54, 1.807) is 0 Å². The highest BCUT2D eigenvalue weighted by atomic mass is 14.3. The number of allylic oxidation sites excluding steroid dienone is 2. The summed E-state index contributed by atoms with van der Waals surface area (Å²) in [5, 5.41) is 0. The van der Waals surface area contributed by atoms with Crippen molar-refractivity contribution in [2.75, 3.05) is 0 Å². The van der Waals surface area contributed by atoms with Crippen LogP contribution in [0.1, 0.15) is 71.6 Å². The molecule has 0 spiro atoms. The number of rotatable bonds is 5. The third kappa shape index (κ3) is 5.83. The maximum absolute atomic E-state index is 3.82. The summed E-state index contributed by atoms with van der Waals surface area (Å²) in [5.74, 6) is 2.64. The molecule has 1 rings (SSSR count). The van der Waals surface area contributed by atoms with E-state index in [1.807, 2.05) is 6.08 Å². The highest BCUT2D eigenvalue weighted by Crippen LogP contribution is 2.35. The Morgan fingerprint density at radius 1 is 1.11 bits per heavy atom. The molecule has 2 atom stereocenters. The lowest BCUT2D eigenvalue weighted by Gasteiger charge is -2.29. The molecule has 0 saturated heterocycles. The molecule has 0 aliphatic heterocycles. The summed E-state index contributed by atoms with van der Waals surface area (Å²) in [5.41, 5.74) is 4.45. The summed E-state index contributed by atoms with van der Waals surface area (Å²) in [6.07, 6.45) is 14.0. The summed E-state index contributed by atoms with van der Waals surface area (Å²) in [6, 6.07) is 0. The topological polar surface area (TPSA) is 0 Å². The van der Waals surface area contributed by atoms with E-state index >= 15 is 0 Å². The fraction of sp³-hybridized carbons (Fsp3) is 0.737. The lowest BCUT2D eigenvalue weighted by molar-refractivity contribution is 0.220. The first kappa shape index (κ1) is 16.3. The molecule has 0 heterocycles. The van der Waals surface area contributed by atoms with Gasteiger partial charge in [0, 0.05) is 0 Å². The summed E-state index contributed by atoms with van der Waals surface area (Å²) >= 11 is 0. The van der Waals surface area contributed by atoms with Crippen LogP contribution in [0.3, 0.4) is 0 Å². The Bertz CT molecular complexity index is 292. The van der Waals surface area contributed by atoms with Gasteiger partial charge >= 0.3 is 0 Å². The van der Waals surface area contributed by atoms with E-state index in [0.717, 1.165) is 30.6 Å². The van der Waals surface area contributed by atoms with Gasteiger partial charge in [-0.25, -0.2) is 0 Å². The van der Waals surface area contributed by atoms with E-state index in [2.05, 4.69) is 32.7 Å². The molecule has 2 unspecified atom stereocenters. The van der Waals surface area contributed by atoms with Crippen molar-refractivity contribution >= 4 is 0 Å². The third-order valence-electron chi connectivity index (χ3n) is 4.95. The lowest BCUT2D eigenvalue weighted by Crippen LogP contribution is -2.20. The number of hydrogen-bond donors (Lipinski definition) is 0. The van der Waals surface area contributed by atoms with E-state index in [4.69, 9.17) is 0 Å². The average molecular weight is 260 g/mol. The largest absolute Gasteiger partial charge is 0.129 e. The maximum Gasteiger partial charge on any atom is -0.00654 e. The van der Waals surface area contributed by atoms with Crippen LogP contribution >= 0.6 is 0 Å². The Kier molecular flexibility index (Phi) is 7.91. The molecule has 0 heteroatoms. The molecule has 0 amide bonds. The van der Waals surface area contributed by atoms with Gasteiger partial charge in [0.05, 0.1) is 0 Å². The van der Waals surface area contributed by atoms with Gasteiger partial charge < -0.3 is 0 Å². The van der Waals surface area contributed by atoms with Crippen LogP contribution in [-0.2, 0) is 0 Å². The van der Waals surface area contributed by atoms with Crippen LogP contribution in [0.2, 0.25) is 0 Å². The summed E-state index contributed by atoms with van der Waals surface area (Å²) in [7, 11) is 0. The molecule has 0 aromatic carbocycles. The molecular weight excluding hydrogens is 228 g/mol. The van der Waals surface area contributed by atoms with Crippen molar-refractivity contribution in [1.82, 2.24) is 0 Å². The molecular formula is C19H32. The molecule has 108 valence electrons. The van der Waals surface area contributed by atoms with Crippen molar-refractivity contribution in [2.24, 2.45) is 17.8 Å². The predicted octanol–water partition coefficient (Wildman–Crippen LogP) is 6.30. The highest BCUT2D eigenvalue weighted by Gasteiger charge is 2.24. The fourth-order valence-electron chi connectivity index (χ4n) is 3.62. The maximum atomic E-state index is 3.82. The van der Waals surface area contributed by atoms with Crippen molar-refractivity contribution in [3.05, 3.63) is 30.5 Å². The van der Waals surface area contributed by atoms with Crippen LogP contribution in [0.5, 0.6) is 0 Å². The first-order valence-corrected chi connectivity index (χ1v) is 8.17. The Hall–Kier alpha value is -0.740. The quantitative estimate of drug-likeness (QED) is 0.402. The molecule has 0 aromatic heterocycles. The molecule has 0 N–H and O–H groups in total. The second-order valence-electron chi connectivity index (χ2n) is 6.42. The zero-order valence-electron chi connectivity index (χ0n) is 13.1. The molecule has 1 saturated carbocycles. The minimum Gasteiger partial charge on any atom is -0.129 e. The smallest absolute Gasteiger partial charge is 0.00654 e. The molecule has 19 heavy (non-hydrogen) atoms. The van der Waals surface area contributed by atoms with Gasteiger partial charge in [-0.1, -0.05) is 65.0 Å². The highest BCUT2D eigenvalue weighted by molar-refractivity contribution is 5.04. The van der Waals surface area contributed by atoms with E-state index in [1.165, 1.54) is 50.5 Å². The van der Waals surface area contributed by atoms with Gasteiger partial charge in [-0.2, -0.15) is 0 Å². The molecule has 0 aromatic rings. The zero-order valence-corrected chi connectivity index (χ0v) is 13.1. The predicted molar refractivity (Wildman–Crippen MR) is 86.2 cm³/mol. The standard InChI is InChI=1S/C19H32/c1-5-11-18(6-2)14-15-19-16(3)12-9-7-8-10-13-17(19)4/h5,16-17,19H,1-2,7-15H2,3-4H3. The Balaban J connectivity index is 2.58. The van der Waals surface area contributed by atoms with Crippen molar-refractivity contribution in [2.45, 2.75) is 71.6 Å². The summed E-state index contributed by atoms with van der Waals surface area (Å²) < 4.78 is 0. The molecule has 1 aliphatic rings. The zero-order chi connectivity index (χ0) is 14.1. The molecule has 0 radical (unpaired) electrons. The first-order chi connectivity index (χ1) is 9.19. The van der Waals surface area contributed by atoms with Crippen molar-refractivity contribution < 1.29 is 0 Å². The molecule has 0 nitrogen and oxygen atoms in total. The van der Waals surface area contributed by atoms with E-state index in [9.17, 15) is 0 Å². The van der Waals surface area contributed by atoms with Gasteiger partial charge in [0.25, 0.3) is 0 Å². The van der Waals surface area contributed by atoms with Crippen LogP contribution in [0, 0.1) is 17.8 Å². The Labute approximate surface area is 120 Å². The summed E-state index contributed by atoms with van der Waals surface area (Å²) in [4.78, 5) is 0. The number of hydrogen-bond acceptors (Lipinski definition) is 0. The Morgan fingerprint density at radius 3 is 2.16 bits per heavy atom. The monoisotopic (exact) mass is 260 g/mol. The minimum absolute atomic E-state index is 0.878. The minimum atomic E-state index is 0.878. The van der Waals surface area contributed by atoms with Gasteiger partial charge in [-0.15, -0.1) is 12.3 Å². The summed E-state index contributed by atoms with van der Waals surface area (Å²) in [6.45, 7) is 12.6. The third-order valence-corrected chi connectivity index (χ3v) is 4.95. The first-order valence-electron chi connectivity index (χ1n) is 8.17. The van der Waals surface area contributed by atoms with Crippen LogP contribution < -0.4 is 0 Å². The molecule has 0 bridgehead atoms. The lowest BCUT2D eigenvalue weighted by atomic mass is 9.76. The fourth-order valence-corrected chi connectivity index (χ4v) is 3.62. The van der Waals surface area contributed by atoms with Gasteiger partial charge in [-0.3, -0.25) is 0 Å². The van der Waals surface area contributed by atoms with Crippen LogP contribution in [0.4, 0.5) is 0 Å². The van der Waals surface area contributed by atoms with Crippen LogP contribution in [-0.4, -0.2) is 0 Å². The van der Waals surface area contributed by atoms with Gasteiger partial charge in [-0.05, 0) is 42.6 Å². The van der Waals surface area contributed by atoms with Crippen molar-refractivity contribution in [1.29, 1.82) is 0 Å². The van der Waals surface area contributed by atoms with E-state index in [-0.39, 0.29) is 0 Å². The second kappa shape index (κ2) is 9.21. The van der Waals surface area contributed by atoms with E-state index in [0.29, 0.717) is 0 Å². The molecule has 1 fully saturated rings.